The Labute approximate surface area is 160 Å². The van der Waals surface area contributed by atoms with Crippen LogP contribution in [0.4, 0.5) is 0 Å². The molecule has 7 heteroatoms. The fraction of sp³-hybridized carbons (Fsp3) is 0.0556. The molecule has 0 aliphatic heterocycles. The highest BCUT2D eigenvalue weighted by molar-refractivity contribution is 7.98. The number of hydrogen-bond donors (Lipinski definition) is 0. The molecule has 0 saturated heterocycles. The van der Waals surface area contributed by atoms with Crippen LogP contribution < -0.4 is 0 Å². The van der Waals surface area contributed by atoms with Crippen LogP contribution in [0.15, 0.2) is 76.2 Å². The molecule has 0 N–H and O–H groups in total. The van der Waals surface area contributed by atoms with Crippen LogP contribution in [0.3, 0.4) is 0 Å². The van der Waals surface area contributed by atoms with Crippen LogP contribution >= 0.6 is 35.0 Å². The van der Waals surface area contributed by atoms with Crippen molar-refractivity contribution >= 4 is 47.3 Å². The fourth-order valence-corrected chi connectivity index (χ4v) is 3.10. The van der Waals surface area contributed by atoms with Gasteiger partial charge in [0.1, 0.15) is 6.33 Å². The fourth-order valence-electron chi connectivity index (χ4n) is 1.99. The van der Waals surface area contributed by atoms with Gasteiger partial charge in [0.15, 0.2) is 0 Å². The third-order valence-corrected chi connectivity index (χ3v) is 4.65. The van der Waals surface area contributed by atoms with Crippen LogP contribution in [0.5, 0.6) is 0 Å². The number of allylic oxidation sites excluding steroid dienone is 1. The smallest absolute Gasteiger partial charge is 0.195 e. The Hall–Kier alpha value is -2.08. The Bertz CT molecular complexity index is 874. The molecular formula is C18H14Cl2N4S. The van der Waals surface area contributed by atoms with Crippen molar-refractivity contribution in [1.82, 2.24) is 14.9 Å². The average molecular weight is 389 g/mol. The molecule has 0 spiro atoms. The van der Waals surface area contributed by atoms with Gasteiger partial charge in [0.25, 0.3) is 0 Å². The predicted molar refractivity (Wildman–Crippen MR) is 105 cm³/mol. The molecule has 0 fully saturated rings. The van der Waals surface area contributed by atoms with Gasteiger partial charge in [-0.1, -0.05) is 77.4 Å². The number of thioether (sulfide) groups is 1. The van der Waals surface area contributed by atoms with Gasteiger partial charge in [0.2, 0.25) is 5.16 Å². The van der Waals surface area contributed by atoms with Crippen LogP contribution in [0, 0.1) is 0 Å². The van der Waals surface area contributed by atoms with Crippen molar-refractivity contribution in [3.63, 3.8) is 0 Å². The number of rotatable bonds is 6. The van der Waals surface area contributed by atoms with E-state index < -0.39 is 0 Å². The molecule has 1 aromatic heterocycles. The van der Waals surface area contributed by atoms with Crippen molar-refractivity contribution in [3.8, 4) is 0 Å². The van der Waals surface area contributed by atoms with Crippen molar-refractivity contribution in [2.75, 3.05) is 0 Å². The Morgan fingerprint density at radius 1 is 1.12 bits per heavy atom. The summed E-state index contributed by atoms with van der Waals surface area (Å²) in [5.41, 5.74) is 2.16. The molecule has 25 heavy (non-hydrogen) atoms. The zero-order valence-electron chi connectivity index (χ0n) is 13.1. The molecule has 3 rings (SSSR count). The third kappa shape index (κ3) is 5.46. The summed E-state index contributed by atoms with van der Waals surface area (Å²) in [6.07, 6.45) is 4.97. The van der Waals surface area contributed by atoms with E-state index in [-0.39, 0.29) is 0 Å². The molecule has 0 saturated carbocycles. The van der Waals surface area contributed by atoms with E-state index in [2.05, 4.69) is 15.3 Å². The van der Waals surface area contributed by atoms with E-state index in [1.807, 2.05) is 60.7 Å². The van der Waals surface area contributed by atoms with Gasteiger partial charge >= 0.3 is 0 Å². The minimum absolute atomic E-state index is 0.522. The first kappa shape index (κ1) is 17.7. The summed E-state index contributed by atoms with van der Waals surface area (Å²) < 4.78 is 1.60. The third-order valence-electron chi connectivity index (χ3n) is 3.19. The van der Waals surface area contributed by atoms with Crippen LogP contribution in [-0.2, 0) is 5.75 Å². The van der Waals surface area contributed by atoms with Crippen molar-refractivity contribution in [3.05, 3.63) is 82.1 Å². The van der Waals surface area contributed by atoms with Gasteiger partial charge in [-0.3, -0.25) is 0 Å². The van der Waals surface area contributed by atoms with Crippen molar-refractivity contribution in [2.45, 2.75) is 10.9 Å². The van der Waals surface area contributed by atoms with E-state index in [4.69, 9.17) is 23.2 Å². The normalized spacial score (nSPS) is 12.0. The van der Waals surface area contributed by atoms with Gasteiger partial charge in [-0.25, -0.2) is 0 Å². The molecule has 0 aliphatic carbocycles. The van der Waals surface area contributed by atoms with E-state index in [9.17, 15) is 0 Å². The second kappa shape index (κ2) is 8.85. The zero-order valence-corrected chi connectivity index (χ0v) is 15.4. The average Bonchev–Trinajstić information content (AvgIpc) is 3.08. The van der Waals surface area contributed by atoms with Gasteiger partial charge in [-0.15, -0.1) is 10.2 Å². The zero-order chi connectivity index (χ0) is 17.5. The Morgan fingerprint density at radius 2 is 1.88 bits per heavy atom. The van der Waals surface area contributed by atoms with Gasteiger partial charge in [0.05, 0.1) is 11.2 Å². The molecule has 4 nitrogen and oxygen atoms in total. The van der Waals surface area contributed by atoms with Gasteiger partial charge in [0, 0.05) is 10.8 Å². The lowest BCUT2D eigenvalue weighted by molar-refractivity contribution is 0.767. The lowest BCUT2D eigenvalue weighted by atomic mass is 10.2. The second-order valence-electron chi connectivity index (χ2n) is 5.06. The molecule has 2 aromatic carbocycles. The van der Waals surface area contributed by atoms with Gasteiger partial charge < -0.3 is 0 Å². The molecule has 0 amide bonds. The van der Waals surface area contributed by atoms with E-state index in [1.165, 1.54) is 11.8 Å². The maximum Gasteiger partial charge on any atom is 0.212 e. The Morgan fingerprint density at radius 3 is 2.64 bits per heavy atom. The minimum Gasteiger partial charge on any atom is -0.195 e. The lowest BCUT2D eigenvalue weighted by Gasteiger charge is -2.01. The molecule has 0 aliphatic rings. The highest BCUT2D eigenvalue weighted by Gasteiger charge is 2.04. The first-order valence-corrected chi connectivity index (χ1v) is 9.19. The Balaban J connectivity index is 1.65. The molecular weight excluding hydrogens is 375 g/mol. The maximum atomic E-state index is 6.21. The predicted octanol–water partition coefficient (Wildman–Crippen LogP) is 5.34. The summed E-state index contributed by atoms with van der Waals surface area (Å²) in [5, 5.41) is 14.2. The number of nitrogens with zero attached hydrogens (tertiary/aromatic N) is 4. The topological polar surface area (TPSA) is 43.1 Å². The SMILES string of the molecule is ClC(=C\c1ccccc1)/C=N/n1cnnc1SCc1ccc(Cl)cc1. The summed E-state index contributed by atoms with van der Waals surface area (Å²) in [5.74, 6) is 0.749. The second-order valence-corrected chi connectivity index (χ2v) is 6.87. The summed E-state index contributed by atoms with van der Waals surface area (Å²) in [4.78, 5) is 0. The maximum absolute atomic E-state index is 6.21. The standard InChI is InChI=1S/C18H14Cl2N4S/c19-16-8-6-15(7-9-16)12-25-18-23-21-13-24(18)22-11-17(20)10-14-4-2-1-3-5-14/h1-11,13H,12H2/b17-10-,22-11+. The number of benzene rings is 2. The molecule has 0 radical (unpaired) electrons. The molecule has 0 unspecified atom stereocenters. The molecule has 3 aromatic rings. The summed E-state index contributed by atoms with van der Waals surface area (Å²) in [7, 11) is 0. The van der Waals surface area contributed by atoms with E-state index in [1.54, 1.807) is 17.2 Å². The van der Waals surface area contributed by atoms with Crippen LogP contribution in [0.25, 0.3) is 6.08 Å². The summed E-state index contributed by atoms with van der Waals surface area (Å²) in [6.45, 7) is 0. The molecule has 1 heterocycles. The van der Waals surface area contributed by atoms with Crippen LogP contribution in [-0.4, -0.2) is 21.1 Å². The van der Waals surface area contributed by atoms with Crippen LogP contribution in [0.1, 0.15) is 11.1 Å². The number of halogens is 2. The lowest BCUT2D eigenvalue weighted by Crippen LogP contribution is -1.92. The van der Waals surface area contributed by atoms with E-state index in [0.717, 1.165) is 21.9 Å². The molecule has 0 atom stereocenters. The molecule has 126 valence electrons. The monoisotopic (exact) mass is 388 g/mol. The van der Waals surface area contributed by atoms with E-state index in [0.29, 0.717) is 10.2 Å². The molecule has 0 bridgehead atoms. The quantitative estimate of drug-likeness (QED) is 0.422. The minimum atomic E-state index is 0.522. The van der Waals surface area contributed by atoms with Crippen molar-refractivity contribution < 1.29 is 0 Å². The van der Waals surface area contributed by atoms with Gasteiger partial charge in [-0.05, 0) is 29.3 Å². The number of hydrogen-bond acceptors (Lipinski definition) is 4. The summed E-state index contributed by atoms with van der Waals surface area (Å²) in [6, 6.07) is 17.5. The van der Waals surface area contributed by atoms with Crippen LogP contribution in [0.2, 0.25) is 5.02 Å². The highest BCUT2D eigenvalue weighted by atomic mass is 35.5. The van der Waals surface area contributed by atoms with Gasteiger partial charge in [-0.2, -0.15) is 9.78 Å². The number of aromatic nitrogens is 3. The first-order chi connectivity index (χ1) is 12.2. The Kier molecular flexibility index (Phi) is 6.28. The van der Waals surface area contributed by atoms with E-state index >= 15 is 0 Å². The highest BCUT2D eigenvalue weighted by Crippen LogP contribution is 2.21. The van der Waals surface area contributed by atoms with Crippen molar-refractivity contribution in [2.24, 2.45) is 5.10 Å². The van der Waals surface area contributed by atoms with Crippen molar-refractivity contribution in [1.29, 1.82) is 0 Å². The summed E-state index contributed by atoms with van der Waals surface area (Å²) >= 11 is 13.6. The first-order valence-electron chi connectivity index (χ1n) is 7.44. The largest absolute Gasteiger partial charge is 0.212 e.